The fourth-order valence-corrected chi connectivity index (χ4v) is 1.90. The zero-order valence-corrected chi connectivity index (χ0v) is 11.7. The number of nitrogens with two attached hydrogens (primary N) is 1. The monoisotopic (exact) mass is 298 g/mol. The summed E-state index contributed by atoms with van der Waals surface area (Å²) >= 11 is 0. The smallest absolute Gasteiger partial charge is 0.332 e. The molecule has 0 spiro atoms. The average Bonchev–Trinajstić information content (AvgIpc) is 2.42. The van der Waals surface area contributed by atoms with Gasteiger partial charge in [-0.2, -0.15) is 0 Å². The Morgan fingerprint density at radius 2 is 1.86 bits per heavy atom. The lowest BCUT2D eigenvalue weighted by Crippen LogP contribution is -2.41. The maximum Gasteiger partial charge on any atom is 0.332 e. The van der Waals surface area contributed by atoms with Crippen LogP contribution in [0.5, 0.6) is 0 Å². The highest BCUT2D eigenvalue weighted by Crippen LogP contribution is 2.14. The highest BCUT2D eigenvalue weighted by atomic mass is 16.4. The first kappa shape index (κ1) is 16.6. The molecule has 0 saturated carbocycles. The molecule has 1 rings (SSSR count). The predicted octanol–water partition coefficient (Wildman–Crippen LogP) is 0.655. The van der Waals surface area contributed by atoms with E-state index in [4.69, 9.17) is 10.8 Å². The van der Waals surface area contributed by atoms with Gasteiger partial charge in [-0.1, -0.05) is 13.3 Å². The van der Waals surface area contributed by atoms with E-state index in [1.54, 1.807) is 0 Å². The average molecular weight is 298 g/mol. The second-order valence-electron chi connectivity index (χ2n) is 4.57. The first-order chi connectivity index (χ1) is 9.93. The van der Waals surface area contributed by atoms with Gasteiger partial charge in [-0.3, -0.25) is 18.7 Å². The van der Waals surface area contributed by atoms with E-state index in [0.29, 0.717) is 6.42 Å². The van der Waals surface area contributed by atoms with E-state index >= 15 is 0 Å². The van der Waals surface area contributed by atoms with E-state index < -0.39 is 22.9 Å². The van der Waals surface area contributed by atoms with E-state index in [1.165, 1.54) is 0 Å². The standard InChI is InChI=1S/C12H18N4O5/c1-2-3-6-15-10(13)9(14-21)11(19)16(12(15)20)7-4-5-8(17)18/h2-7,13H2,1H3,(H,17,18). The van der Waals surface area contributed by atoms with Gasteiger partial charge in [-0.05, 0) is 18.0 Å². The number of carboxylic acid groups (broad SMARTS) is 1. The SMILES string of the molecule is CCCCn1c(N)c(N=O)c(=O)n(CCCC(=O)O)c1=O. The van der Waals surface area contributed by atoms with Crippen LogP contribution in [0.3, 0.4) is 0 Å². The van der Waals surface area contributed by atoms with Crippen molar-refractivity contribution in [2.24, 2.45) is 5.18 Å². The maximum absolute atomic E-state index is 12.2. The fraction of sp³-hybridized carbons (Fsp3) is 0.583. The molecule has 1 aromatic rings. The Hall–Kier alpha value is -2.45. The number of unbranched alkanes of at least 4 members (excludes halogenated alkanes) is 1. The Labute approximate surface area is 120 Å². The van der Waals surface area contributed by atoms with E-state index in [1.807, 2.05) is 6.92 Å². The first-order valence-electron chi connectivity index (χ1n) is 6.62. The van der Waals surface area contributed by atoms with Gasteiger partial charge in [-0.15, -0.1) is 4.91 Å². The van der Waals surface area contributed by atoms with Crippen LogP contribution >= 0.6 is 0 Å². The highest BCUT2D eigenvalue weighted by Gasteiger charge is 2.17. The summed E-state index contributed by atoms with van der Waals surface area (Å²) in [6, 6.07) is 0. The number of hydrogen-bond donors (Lipinski definition) is 2. The minimum absolute atomic E-state index is 0.0977. The molecular weight excluding hydrogens is 280 g/mol. The number of carboxylic acids is 1. The molecule has 0 aliphatic carbocycles. The summed E-state index contributed by atoms with van der Waals surface area (Å²) in [6.45, 7) is 2.09. The molecule has 0 unspecified atom stereocenters. The Morgan fingerprint density at radius 3 is 2.38 bits per heavy atom. The van der Waals surface area contributed by atoms with E-state index in [0.717, 1.165) is 15.6 Å². The summed E-state index contributed by atoms with van der Waals surface area (Å²) in [6.07, 6.45) is 1.36. The van der Waals surface area contributed by atoms with Gasteiger partial charge in [0.05, 0.1) is 0 Å². The molecule has 0 saturated heterocycles. The summed E-state index contributed by atoms with van der Waals surface area (Å²) in [5.41, 5.74) is 3.60. The molecule has 0 radical (unpaired) electrons. The summed E-state index contributed by atoms with van der Waals surface area (Å²) in [4.78, 5) is 45.4. The van der Waals surface area contributed by atoms with Crippen molar-refractivity contribution in [2.75, 3.05) is 5.73 Å². The third kappa shape index (κ3) is 3.77. The molecule has 0 atom stereocenters. The van der Waals surface area contributed by atoms with Crippen LogP contribution in [0, 0.1) is 4.91 Å². The molecule has 0 amide bonds. The Bertz CT molecular complexity index is 646. The summed E-state index contributed by atoms with van der Waals surface area (Å²) in [5, 5.41) is 11.2. The fourth-order valence-electron chi connectivity index (χ4n) is 1.90. The van der Waals surface area contributed by atoms with Crippen molar-refractivity contribution < 1.29 is 9.90 Å². The lowest BCUT2D eigenvalue weighted by molar-refractivity contribution is -0.137. The maximum atomic E-state index is 12.2. The van der Waals surface area contributed by atoms with E-state index in [2.05, 4.69) is 5.18 Å². The molecule has 1 aromatic heterocycles. The van der Waals surface area contributed by atoms with Crippen LogP contribution < -0.4 is 17.0 Å². The third-order valence-corrected chi connectivity index (χ3v) is 3.04. The molecule has 0 aromatic carbocycles. The van der Waals surface area contributed by atoms with Crippen molar-refractivity contribution >= 4 is 17.5 Å². The number of hydrogen-bond acceptors (Lipinski definition) is 6. The van der Waals surface area contributed by atoms with Crippen molar-refractivity contribution in [3.8, 4) is 0 Å². The van der Waals surface area contributed by atoms with Gasteiger partial charge < -0.3 is 10.8 Å². The van der Waals surface area contributed by atoms with E-state index in [9.17, 15) is 19.3 Å². The van der Waals surface area contributed by atoms with Crippen molar-refractivity contribution in [1.29, 1.82) is 0 Å². The molecule has 1 heterocycles. The number of rotatable bonds is 8. The lowest BCUT2D eigenvalue weighted by atomic mass is 10.3. The molecule has 9 nitrogen and oxygen atoms in total. The van der Waals surface area contributed by atoms with Gasteiger partial charge in [0.2, 0.25) is 5.69 Å². The Kier molecular flexibility index (Phi) is 5.82. The molecule has 9 heteroatoms. The summed E-state index contributed by atoms with van der Waals surface area (Å²) in [7, 11) is 0. The number of nitroso groups, excluding NO2 is 1. The number of nitrogen functional groups attached to an aromatic ring is 1. The summed E-state index contributed by atoms with van der Waals surface area (Å²) in [5.74, 6) is -1.28. The second kappa shape index (κ2) is 7.36. The largest absolute Gasteiger partial charge is 0.481 e. The second-order valence-corrected chi connectivity index (χ2v) is 4.57. The van der Waals surface area contributed by atoms with Crippen LogP contribution in [0.25, 0.3) is 0 Å². The number of nitrogens with zero attached hydrogens (tertiary/aromatic N) is 3. The number of aliphatic carboxylic acids is 1. The zero-order valence-electron chi connectivity index (χ0n) is 11.7. The van der Waals surface area contributed by atoms with Crippen LogP contribution in [-0.2, 0) is 17.9 Å². The first-order valence-corrected chi connectivity index (χ1v) is 6.62. The normalized spacial score (nSPS) is 10.5. The van der Waals surface area contributed by atoms with E-state index in [-0.39, 0.29) is 31.7 Å². The molecular formula is C12H18N4O5. The Morgan fingerprint density at radius 1 is 1.24 bits per heavy atom. The van der Waals surface area contributed by atoms with Gasteiger partial charge in [0.1, 0.15) is 5.82 Å². The van der Waals surface area contributed by atoms with Crippen molar-refractivity contribution in [3.63, 3.8) is 0 Å². The van der Waals surface area contributed by atoms with Crippen LogP contribution in [0.1, 0.15) is 32.6 Å². The molecule has 0 bridgehead atoms. The molecule has 0 fully saturated rings. The zero-order chi connectivity index (χ0) is 16.0. The minimum atomic E-state index is -1.03. The van der Waals surface area contributed by atoms with Crippen molar-refractivity contribution in [1.82, 2.24) is 9.13 Å². The highest BCUT2D eigenvalue weighted by molar-refractivity contribution is 5.66. The number of anilines is 1. The van der Waals surface area contributed by atoms with Gasteiger partial charge >= 0.3 is 11.7 Å². The van der Waals surface area contributed by atoms with Crippen LogP contribution in [-0.4, -0.2) is 20.2 Å². The van der Waals surface area contributed by atoms with Crippen molar-refractivity contribution in [2.45, 2.75) is 45.7 Å². The third-order valence-electron chi connectivity index (χ3n) is 3.04. The van der Waals surface area contributed by atoms with Crippen molar-refractivity contribution in [3.05, 3.63) is 25.7 Å². The minimum Gasteiger partial charge on any atom is -0.481 e. The van der Waals surface area contributed by atoms with Gasteiger partial charge in [0.15, 0.2) is 0 Å². The molecule has 21 heavy (non-hydrogen) atoms. The van der Waals surface area contributed by atoms with Crippen LogP contribution in [0.4, 0.5) is 11.5 Å². The van der Waals surface area contributed by atoms with Crippen LogP contribution in [0.15, 0.2) is 14.8 Å². The summed E-state index contributed by atoms with van der Waals surface area (Å²) < 4.78 is 1.94. The number of carbonyl (C=O) groups is 1. The predicted molar refractivity (Wildman–Crippen MR) is 76.6 cm³/mol. The Balaban J connectivity index is 3.28. The topological polar surface area (TPSA) is 137 Å². The van der Waals surface area contributed by atoms with Crippen LogP contribution in [0.2, 0.25) is 0 Å². The molecule has 0 aliphatic rings. The van der Waals surface area contributed by atoms with Gasteiger partial charge in [-0.25, -0.2) is 4.79 Å². The number of aromatic nitrogens is 2. The van der Waals surface area contributed by atoms with Gasteiger partial charge in [0.25, 0.3) is 5.56 Å². The lowest BCUT2D eigenvalue weighted by Gasteiger charge is -2.13. The quantitative estimate of drug-likeness (QED) is 0.676. The van der Waals surface area contributed by atoms with Gasteiger partial charge in [0, 0.05) is 19.5 Å². The molecule has 116 valence electrons. The molecule has 3 N–H and O–H groups in total. The molecule has 0 aliphatic heterocycles.